The Bertz CT molecular complexity index is 555. The van der Waals surface area contributed by atoms with Gasteiger partial charge in [0, 0.05) is 16.7 Å². The average molecular weight is 399 g/mol. The molecule has 106 valence electrons. The van der Waals surface area contributed by atoms with Crippen LogP contribution in [-0.2, 0) is 6.54 Å². The van der Waals surface area contributed by atoms with E-state index in [1.165, 1.54) is 5.56 Å². The highest BCUT2D eigenvalue weighted by atomic mass is 79.9. The molecule has 20 heavy (non-hydrogen) atoms. The van der Waals surface area contributed by atoms with Crippen molar-refractivity contribution in [2.75, 3.05) is 11.9 Å². The molecule has 0 bridgehead atoms. The Hall–Kier alpha value is -1.000. The molecule has 0 heterocycles. The topological polar surface area (TPSA) is 21.3 Å². The Kier molecular flexibility index (Phi) is 5.92. The van der Waals surface area contributed by atoms with Crippen LogP contribution < -0.4 is 10.1 Å². The zero-order chi connectivity index (χ0) is 14.4. The predicted molar refractivity (Wildman–Crippen MR) is 91.4 cm³/mol. The standard InChI is InChI=1S/C16H17Br2NO/c1-2-9-20-16-8-3-12(10-15(16)18)11-19-14-6-4-13(17)5-7-14/h3-8,10,19H,2,9,11H2,1H3. The molecule has 1 N–H and O–H groups in total. The average Bonchev–Trinajstić information content (AvgIpc) is 2.46. The molecule has 0 saturated carbocycles. The molecular weight excluding hydrogens is 382 g/mol. The minimum atomic E-state index is 0.745. The van der Waals surface area contributed by atoms with Crippen molar-refractivity contribution in [2.45, 2.75) is 19.9 Å². The third-order valence-electron chi connectivity index (χ3n) is 2.80. The van der Waals surface area contributed by atoms with Gasteiger partial charge >= 0.3 is 0 Å². The number of rotatable bonds is 6. The van der Waals surface area contributed by atoms with Crippen LogP contribution in [0.3, 0.4) is 0 Å². The number of hydrogen-bond donors (Lipinski definition) is 1. The van der Waals surface area contributed by atoms with Crippen LogP contribution in [0.4, 0.5) is 5.69 Å². The molecular formula is C16H17Br2NO. The van der Waals surface area contributed by atoms with Crippen LogP contribution >= 0.6 is 31.9 Å². The number of benzene rings is 2. The zero-order valence-electron chi connectivity index (χ0n) is 11.3. The van der Waals surface area contributed by atoms with Crippen molar-refractivity contribution in [3.05, 3.63) is 57.0 Å². The van der Waals surface area contributed by atoms with Gasteiger partial charge in [-0.3, -0.25) is 0 Å². The summed E-state index contributed by atoms with van der Waals surface area (Å²) in [5, 5.41) is 3.40. The van der Waals surface area contributed by atoms with E-state index in [0.717, 1.165) is 40.0 Å². The van der Waals surface area contributed by atoms with Gasteiger partial charge in [-0.2, -0.15) is 0 Å². The summed E-state index contributed by atoms with van der Waals surface area (Å²) >= 11 is 6.99. The van der Waals surface area contributed by atoms with E-state index < -0.39 is 0 Å². The Morgan fingerprint density at radius 2 is 1.80 bits per heavy atom. The van der Waals surface area contributed by atoms with Gasteiger partial charge in [-0.25, -0.2) is 0 Å². The van der Waals surface area contributed by atoms with Crippen molar-refractivity contribution in [1.29, 1.82) is 0 Å². The lowest BCUT2D eigenvalue weighted by molar-refractivity contribution is 0.315. The quantitative estimate of drug-likeness (QED) is 0.682. The van der Waals surface area contributed by atoms with Gasteiger partial charge in [0.15, 0.2) is 0 Å². The van der Waals surface area contributed by atoms with Gasteiger partial charge in [-0.05, 0) is 64.3 Å². The number of anilines is 1. The summed E-state index contributed by atoms with van der Waals surface area (Å²) in [7, 11) is 0. The van der Waals surface area contributed by atoms with Crippen molar-refractivity contribution < 1.29 is 4.74 Å². The van der Waals surface area contributed by atoms with E-state index >= 15 is 0 Å². The van der Waals surface area contributed by atoms with E-state index in [0.29, 0.717) is 0 Å². The van der Waals surface area contributed by atoms with E-state index in [4.69, 9.17) is 4.74 Å². The van der Waals surface area contributed by atoms with Gasteiger partial charge in [0.1, 0.15) is 5.75 Å². The molecule has 0 radical (unpaired) electrons. The van der Waals surface area contributed by atoms with E-state index in [2.05, 4.69) is 68.4 Å². The summed E-state index contributed by atoms with van der Waals surface area (Å²) in [5.74, 6) is 0.902. The highest BCUT2D eigenvalue weighted by molar-refractivity contribution is 9.10. The predicted octanol–water partition coefficient (Wildman–Crippen LogP) is 5.61. The van der Waals surface area contributed by atoms with Crippen molar-refractivity contribution in [3.63, 3.8) is 0 Å². The van der Waals surface area contributed by atoms with Crippen LogP contribution in [0.25, 0.3) is 0 Å². The van der Waals surface area contributed by atoms with Gasteiger partial charge < -0.3 is 10.1 Å². The fourth-order valence-electron chi connectivity index (χ4n) is 1.76. The van der Waals surface area contributed by atoms with Crippen molar-refractivity contribution in [2.24, 2.45) is 0 Å². The number of ether oxygens (including phenoxy) is 1. The fraction of sp³-hybridized carbons (Fsp3) is 0.250. The van der Waals surface area contributed by atoms with Crippen molar-refractivity contribution in [3.8, 4) is 5.75 Å². The number of hydrogen-bond acceptors (Lipinski definition) is 2. The van der Waals surface area contributed by atoms with Gasteiger partial charge in [0.2, 0.25) is 0 Å². The minimum Gasteiger partial charge on any atom is -0.492 e. The summed E-state index contributed by atoms with van der Waals surface area (Å²) in [6.07, 6.45) is 1.01. The molecule has 0 spiro atoms. The molecule has 0 atom stereocenters. The lowest BCUT2D eigenvalue weighted by atomic mass is 10.2. The maximum absolute atomic E-state index is 5.64. The molecule has 0 aliphatic rings. The molecule has 0 unspecified atom stereocenters. The molecule has 0 saturated heterocycles. The number of halogens is 2. The molecule has 2 rings (SSSR count). The second kappa shape index (κ2) is 7.70. The fourth-order valence-corrected chi connectivity index (χ4v) is 2.56. The van der Waals surface area contributed by atoms with Gasteiger partial charge in [-0.15, -0.1) is 0 Å². The molecule has 0 aliphatic carbocycles. The Morgan fingerprint density at radius 3 is 2.45 bits per heavy atom. The highest BCUT2D eigenvalue weighted by Gasteiger charge is 2.02. The molecule has 0 amide bonds. The van der Waals surface area contributed by atoms with Crippen LogP contribution in [0.15, 0.2) is 51.4 Å². The molecule has 2 aromatic carbocycles. The first kappa shape index (κ1) is 15.4. The van der Waals surface area contributed by atoms with Crippen LogP contribution in [0.2, 0.25) is 0 Å². The summed E-state index contributed by atoms with van der Waals surface area (Å²) < 4.78 is 7.73. The first-order valence-corrected chi connectivity index (χ1v) is 8.18. The summed E-state index contributed by atoms with van der Waals surface area (Å²) in [6.45, 7) is 3.63. The Morgan fingerprint density at radius 1 is 1.05 bits per heavy atom. The van der Waals surface area contributed by atoms with Crippen molar-refractivity contribution >= 4 is 37.5 Å². The van der Waals surface area contributed by atoms with E-state index in [9.17, 15) is 0 Å². The first-order valence-electron chi connectivity index (χ1n) is 6.59. The van der Waals surface area contributed by atoms with Crippen LogP contribution in [-0.4, -0.2) is 6.61 Å². The molecule has 2 nitrogen and oxygen atoms in total. The minimum absolute atomic E-state index is 0.745. The van der Waals surface area contributed by atoms with Crippen LogP contribution in [0.1, 0.15) is 18.9 Å². The largest absolute Gasteiger partial charge is 0.492 e. The highest BCUT2D eigenvalue weighted by Crippen LogP contribution is 2.26. The molecule has 0 fully saturated rings. The normalized spacial score (nSPS) is 10.3. The molecule has 4 heteroatoms. The van der Waals surface area contributed by atoms with Gasteiger partial charge in [0.25, 0.3) is 0 Å². The lowest BCUT2D eigenvalue weighted by Crippen LogP contribution is -2.00. The first-order chi connectivity index (χ1) is 9.69. The number of nitrogens with one attached hydrogen (secondary N) is 1. The maximum Gasteiger partial charge on any atom is 0.133 e. The SMILES string of the molecule is CCCOc1ccc(CNc2ccc(Br)cc2)cc1Br. The summed E-state index contributed by atoms with van der Waals surface area (Å²) in [6, 6.07) is 14.4. The third kappa shape index (κ3) is 4.53. The van der Waals surface area contributed by atoms with E-state index in [-0.39, 0.29) is 0 Å². The second-order valence-corrected chi connectivity index (χ2v) is 6.24. The summed E-state index contributed by atoms with van der Waals surface area (Å²) in [5.41, 5.74) is 2.32. The second-order valence-electron chi connectivity index (χ2n) is 4.47. The van der Waals surface area contributed by atoms with E-state index in [1.807, 2.05) is 18.2 Å². The summed E-state index contributed by atoms with van der Waals surface area (Å²) in [4.78, 5) is 0. The zero-order valence-corrected chi connectivity index (χ0v) is 14.5. The Balaban J connectivity index is 1.96. The van der Waals surface area contributed by atoms with Crippen LogP contribution in [0.5, 0.6) is 5.75 Å². The van der Waals surface area contributed by atoms with Gasteiger partial charge in [-0.1, -0.05) is 28.9 Å². The third-order valence-corrected chi connectivity index (χ3v) is 3.95. The van der Waals surface area contributed by atoms with Crippen LogP contribution in [0, 0.1) is 0 Å². The molecule has 0 aromatic heterocycles. The van der Waals surface area contributed by atoms with Gasteiger partial charge in [0.05, 0.1) is 11.1 Å². The molecule has 2 aromatic rings. The van der Waals surface area contributed by atoms with E-state index in [1.54, 1.807) is 0 Å². The Labute approximate surface area is 136 Å². The monoisotopic (exact) mass is 397 g/mol. The smallest absolute Gasteiger partial charge is 0.133 e. The molecule has 0 aliphatic heterocycles. The van der Waals surface area contributed by atoms with Crippen molar-refractivity contribution in [1.82, 2.24) is 0 Å². The lowest BCUT2D eigenvalue weighted by Gasteiger charge is -2.10. The maximum atomic E-state index is 5.64.